The van der Waals surface area contributed by atoms with Crippen molar-refractivity contribution in [2.24, 2.45) is 0 Å². The molecule has 1 saturated carbocycles. The lowest BCUT2D eigenvalue weighted by Gasteiger charge is -2.17. The summed E-state index contributed by atoms with van der Waals surface area (Å²) < 4.78 is 32.8. The van der Waals surface area contributed by atoms with Gasteiger partial charge in [-0.25, -0.2) is 19.2 Å². The zero-order chi connectivity index (χ0) is 19.8. The molecule has 2 fully saturated rings. The lowest BCUT2D eigenvalue weighted by Crippen LogP contribution is -2.32. The molecular weight excluding hydrogens is 486 g/mol. The summed E-state index contributed by atoms with van der Waals surface area (Å²) >= 11 is 2.05. The third-order valence-corrected chi connectivity index (χ3v) is 5.91. The van der Waals surface area contributed by atoms with Crippen LogP contribution in [0.3, 0.4) is 0 Å². The Hall–Kier alpha value is -1.73. The fourth-order valence-electron chi connectivity index (χ4n) is 3.65. The largest absolute Gasteiger partial charge is 0.508 e. The summed E-state index contributed by atoms with van der Waals surface area (Å²) in [6.45, 7) is -0.308. The van der Waals surface area contributed by atoms with E-state index in [0.717, 1.165) is 29.3 Å². The maximum atomic E-state index is 14.8. The van der Waals surface area contributed by atoms with Gasteiger partial charge in [-0.15, -0.1) is 0 Å². The van der Waals surface area contributed by atoms with Crippen LogP contribution in [0.2, 0.25) is 0 Å². The maximum Gasteiger partial charge on any atom is 0.508 e. The number of nitrogens with two attached hydrogens (primary N) is 1. The molecule has 2 aliphatic rings. The number of alkyl halides is 1. The molecule has 28 heavy (non-hydrogen) atoms. The van der Waals surface area contributed by atoms with Gasteiger partial charge in [-0.2, -0.15) is 0 Å². The van der Waals surface area contributed by atoms with Crippen molar-refractivity contribution in [3.63, 3.8) is 0 Å². The SMILES string of the molecule is Nc1ncnc2c1c(I)cn2[C@@H]1O[C@H](COC(=O)OC2CCCC2)C(O)[C@H]1F. The lowest BCUT2D eigenvalue weighted by molar-refractivity contribution is -0.0621. The van der Waals surface area contributed by atoms with E-state index in [2.05, 4.69) is 9.97 Å². The summed E-state index contributed by atoms with van der Waals surface area (Å²) in [4.78, 5) is 19.9. The summed E-state index contributed by atoms with van der Waals surface area (Å²) in [5.41, 5.74) is 6.28. The third-order valence-electron chi connectivity index (χ3n) is 5.09. The number of aliphatic hydroxyl groups excluding tert-OH is 1. The van der Waals surface area contributed by atoms with Gasteiger partial charge in [-0.1, -0.05) is 0 Å². The van der Waals surface area contributed by atoms with E-state index in [9.17, 15) is 14.3 Å². The second-order valence-electron chi connectivity index (χ2n) is 6.93. The van der Waals surface area contributed by atoms with E-state index >= 15 is 0 Å². The van der Waals surface area contributed by atoms with Crippen molar-refractivity contribution in [3.05, 3.63) is 16.1 Å². The van der Waals surface area contributed by atoms with Gasteiger partial charge in [0, 0.05) is 9.77 Å². The highest BCUT2D eigenvalue weighted by atomic mass is 127. The van der Waals surface area contributed by atoms with E-state index < -0.39 is 30.8 Å². The summed E-state index contributed by atoms with van der Waals surface area (Å²) in [6.07, 6.45) is 0.273. The van der Waals surface area contributed by atoms with Crippen LogP contribution < -0.4 is 5.73 Å². The topological polar surface area (TPSA) is 122 Å². The number of aliphatic hydroxyl groups is 1. The lowest BCUT2D eigenvalue weighted by atomic mass is 10.1. The van der Waals surface area contributed by atoms with E-state index in [-0.39, 0.29) is 18.5 Å². The highest BCUT2D eigenvalue weighted by Gasteiger charge is 2.46. The van der Waals surface area contributed by atoms with Gasteiger partial charge in [0.1, 0.15) is 42.7 Å². The Morgan fingerprint density at radius 2 is 2.18 bits per heavy atom. The van der Waals surface area contributed by atoms with Crippen LogP contribution >= 0.6 is 22.6 Å². The molecule has 1 aliphatic carbocycles. The Kier molecular flexibility index (Phi) is 5.56. The number of halogens is 2. The smallest absolute Gasteiger partial charge is 0.431 e. The fraction of sp³-hybridized carbons (Fsp3) is 0.588. The molecule has 1 aliphatic heterocycles. The van der Waals surface area contributed by atoms with Crippen molar-refractivity contribution in [1.82, 2.24) is 14.5 Å². The van der Waals surface area contributed by atoms with Gasteiger partial charge in [0.15, 0.2) is 12.4 Å². The monoisotopic (exact) mass is 506 g/mol. The third kappa shape index (κ3) is 3.62. The molecule has 2 aromatic heterocycles. The van der Waals surface area contributed by atoms with Crippen molar-refractivity contribution >= 4 is 45.6 Å². The number of hydrogen-bond acceptors (Lipinski definition) is 8. The molecule has 3 N–H and O–H groups in total. The average Bonchev–Trinajstić information content (AvgIpc) is 3.35. The number of carbonyl (C=O) groups excluding carboxylic acids is 1. The van der Waals surface area contributed by atoms with Crippen molar-refractivity contribution in [3.8, 4) is 0 Å². The molecule has 3 heterocycles. The van der Waals surface area contributed by atoms with E-state index in [1.165, 1.54) is 10.9 Å². The number of aromatic nitrogens is 3. The molecule has 11 heteroatoms. The van der Waals surface area contributed by atoms with Crippen LogP contribution in [0, 0.1) is 3.57 Å². The van der Waals surface area contributed by atoms with Crippen LogP contribution in [0.15, 0.2) is 12.5 Å². The van der Waals surface area contributed by atoms with E-state index in [1.54, 1.807) is 6.20 Å². The fourth-order valence-corrected chi connectivity index (χ4v) is 4.47. The van der Waals surface area contributed by atoms with Crippen LogP contribution in [-0.2, 0) is 14.2 Å². The van der Waals surface area contributed by atoms with Crippen LogP contribution in [0.25, 0.3) is 11.0 Å². The first-order valence-corrected chi connectivity index (χ1v) is 10.1. The number of hydrogen-bond donors (Lipinski definition) is 2. The average molecular weight is 506 g/mol. The van der Waals surface area contributed by atoms with Crippen molar-refractivity contribution in [1.29, 1.82) is 0 Å². The van der Waals surface area contributed by atoms with Gasteiger partial charge in [0.05, 0.1) is 5.39 Å². The van der Waals surface area contributed by atoms with Gasteiger partial charge in [0.2, 0.25) is 0 Å². The van der Waals surface area contributed by atoms with Crippen LogP contribution in [-0.4, -0.2) is 56.9 Å². The molecule has 0 bridgehead atoms. The molecular formula is C17H20FIN4O5. The minimum absolute atomic E-state index is 0.137. The number of carbonyl (C=O) groups is 1. The molecule has 1 unspecified atom stereocenters. The molecule has 4 rings (SSSR count). The van der Waals surface area contributed by atoms with Gasteiger partial charge in [-0.05, 0) is 48.3 Å². The van der Waals surface area contributed by atoms with E-state index in [4.69, 9.17) is 19.9 Å². The number of anilines is 1. The van der Waals surface area contributed by atoms with E-state index in [1.807, 2.05) is 22.6 Å². The van der Waals surface area contributed by atoms with Crippen LogP contribution in [0.5, 0.6) is 0 Å². The molecule has 2 aromatic rings. The number of ether oxygens (including phenoxy) is 3. The molecule has 0 aromatic carbocycles. The molecule has 1 saturated heterocycles. The standard InChI is InChI=1S/C17H20FIN4O5/c18-12-13(24)10(6-26-17(25)27-8-3-1-2-4-8)28-16(12)23-5-9(19)11-14(20)21-7-22-15(11)23/h5,7-8,10,12-13,16,24H,1-4,6H2,(H2,20,21,22)/t10-,12-,13?,16-/m1/s1. The predicted octanol–water partition coefficient (Wildman–Crippen LogP) is 2.31. The molecule has 4 atom stereocenters. The van der Waals surface area contributed by atoms with Crippen LogP contribution in [0.4, 0.5) is 15.0 Å². The molecule has 0 spiro atoms. The minimum atomic E-state index is -1.73. The van der Waals surface area contributed by atoms with Crippen molar-refractivity contribution in [2.45, 2.75) is 56.4 Å². The Balaban J connectivity index is 1.45. The molecule has 0 amide bonds. The Bertz CT molecular complexity index is 875. The van der Waals surface area contributed by atoms with Gasteiger partial charge in [0.25, 0.3) is 0 Å². The summed E-state index contributed by atoms with van der Waals surface area (Å²) in [7, 11) is 0. The minimum Gasteiger partial charge on any atom is -0.431 e. The highest BCUT2D eigenvalue weighted by Crippen LogP contribution is 2.36. The first-order valence-electron chi connectivity index (χ1n) is 9.03. The number of nitrogens with zero attached hydrogens (tertiary/aromatic N) is 3. The second-order valence-corrected chi connectivity index (χ2v) is 8.09. The van der Waals surface area contributed by atoms with Gasteiger partial charge in [-0.3, -0.25) is 0 Å². The molecule has 9 nitrogen and oxygen atoms in total. The Morgan fingerprint density at radius 3 is 2.93 bits per heavy atom. The van der Waals surface area contributed by atoms with Crippen molar-refractivity contribution < 1.29 is 28.5 Å². The predicted molar refractivity (Wildman–Crippen MR) is 104 cm³/mol. The van der Waals surface area contributed by atoms with Gasteiger partial charge < -0.3 is 29.6 Å². The number of nitrogen functional groups attached to an aromatic ring is 1. The van der Waals surface area contributed by atoms with Gasteiger partial charge >= 0.3 is 6.16 Å². The number of rotatable bonds is 4. The first kappa shape index (κ1) is 19.6. The first-order chi connectivity index (χ1) is 13.5. The van der Waals surface area contributed by atoms with Crippen molar-refractivity contribution in [2.75, 3.05) is 12.3 Å². The molecule has 152 valence electrons. The zero-order valence-electron chi connectivity index (χ0n) is 14.8. The summed E-state index contributed by atoms with van der Waals surface area (Å²) in [5, 5.41) is 10.8. The Labute approximate surface area is 173 Å². The quantitative estimate of drug-likeness (QED) is 0.479. The molecule has 0 radical (unpaired) electrons. The second kappa shape index (κ2) is 7.95. The number of fused-ring (bicyclic) bond motifs is 1. The summed E-state index contributed by atoms with van der Waals surface area (Å²) in [5.74, 6) is 0.275. The zero-order valence-corrected chi connectivity index (χ0v) is 17.0. The summed E-state index contributed by atoms with van der Waals surface area (Å²) in [6, 6.07) is 0. The Morgan fingerprint density at radius 1 is 1.43 bits per heavy atom. The van der Waals surface area contributed by atoms with E-state index in [0.29, 0.717) is 11.0 Å². The normalized spacial score (nSPS) is 28.1. The van der Waals surface area contributed by atoms with Crippen LogP contribution in [0.1, 0.15) is 31.9 Å². The maximum absolute atomic E-state index is 14.8. The highest BCUT2D eigenvalue weighted by molar-refractivity contribution is 14.1.